The van der Waals surface area contributed by atoms with E-state index >= 15 is 0 Å². The highest BCUT2D eigenvalue weighted by Crippen LogP contribution is 2.31. The van der Waals surface area contributed by atoms with Gasteiger partial charge in [-0.05, 0) is 6.07 Å². The summed E-state index contributed by atoms with van der Waals surface area (Å²) < 4.78 is 61.3. The number of carbonyl (C=O) groups is 2. The number of rotatable bonds is 4. The molecule has 120 valence electrons. The predicted octanol–water partition coefficient (Wildman–Crippen LogP) is 0.991. The van der Waals surface area contributed by atoms with Crippen LogP contribution in [-0.2, 0) is 19.8 Å². The van der Waals surface area contributed by atoms with Gasteiger partial charge in [0.2, 0.25) is 5.91 Å². The maximum atomic E-state index is 13.7. The quantitative estimate of drug-likeness (QED) is 0.827. The van der Waals surface area contributed by atoms with Gasteiger partial charge >= 0.3 is 16.2 Å². The van der Waals surface area contributed by atoms with Crippen molar-refractivity contribution in [3.05, 3.63) is 35.4 Å². The molecule has 0 bridgehead atoms. The number of amides is 1. The SMILES string of the molecule is O=C(O)C(c1ccc(F)cc1F)N1CC(S(=O)(=O)F)CC1=O. The van der Waals surface area contributed by atoms with E-state index in [2.05, 4.69) is 0 Å². The summed E-state index contributed by atoms with van der Waals surface area (Å²) in [6.45, 7) is -0.717. The summed E-state index contributed by atoms with van der Waals surface area (Å²) in [6.07, 6.45) is -0.731. The molecule has 0 saturated carbocycles. The molecule has 1 aromatic carbocycles. The van der Waals surface area contributed by atoms with Crippen molar-refractivity contribution >= 4 is 22.1 Å². The summed E-state index contributed by atoms with van der Waals surface area (Å²) in [5.41, 5.74) is -0.515. The van der Waals surface area contributed by atoms with Crippen molar-refractivity contribution in [2.75, 3.05) is 6.54 Å². The van der Waals surface area contributed by atoms with Crippen LogP contribution in [0.5, 0.6) is 0 Å². The number of carbonyl (C=O) groups excluding carboxylic acids is 1. The Morgan fingerprint density at radius 1 is 1.36 bits per heavy atom. The smallest absolute Gasteiger partial charge is 0.331 e. The Hall–Kier alpha value is -2.10. The summed E-state index contributed by atoms with van der Waals surface area (Å²) in [5.74, 6) is -4.73. The monoisotopic (exact) mass is 337 g/mol. The molecule has 1 saturated heterocycles. The molecule has 0 radical (unpaired) electrons. The van der Waals surface area contributed by atoms with Gasteiger partial charge in [-0.2, -0.15) is 8.42 Å². The second-order valence-electron chi connectivity index (χ2n) is 4.75. The lowest BCUT2D eigenvalue weighted by molar-refractivity contribution is -0.148. The van der Waals surface area contributed by atoms with E-state index in [1.165, 1.54) is 0 Å². The predicted molar refractivity (Wildman–Crippen MR) is 66.9 cm³/mol. The van der Waals surface area contributed by atoms with Crippen LogP contribution in [0.3, 0.4) is 0 Å². The lowest BCUT2D eigenvalue weighted by Gasteiger charge is -2.25. The van der Waals surface area contributed by atoms with Gasteiger partial charge in [0.25, 0.3) is 0 Å². The molecule has 1 aliphatic rings. The Kier molecular flexibility index (Phi) is 4.14. The molecule has 1 aliphatic heterocycles. The molecule has 0 spiro atoms. The third kappa shape index (κ3) is 3.06. The highest BCUT2D eigenvalue weighted by atomic mass is 32.3. The van der Waals surface area contributed by atoms with Crippen molar-refractivity contribution in [2.24, 2.45) is 0 Å². The van der Waals surface area contributed by atoms with Crippen LogP contribution >= 0.6 is 0 Å². The van der Waals surface area contributed by atoms with Crippen LogP contribution in [0.25, 0.3) is 0 Å². The van der Waals surface area contributed by atoms with Gasteiger partial charge in [0.15, 0.2) is 6.04 Å². The minimum atomic E-state index is -5.04. The average molecular weight is 337 g/mol. The van der Waals surface area contributed by atoms with E-state index < -0.39 is 63.6 Å². The van der Waals surface area contributed by atoms with E-state index in [0.29, 0.717) is 11.0 Å². The van der Waals surface area contributed by atoms with Crippen LogP contribution in [0.4, 0.5) is 12.7 Å². The zero-order valence-electron chi connectivity index (χ0n) is 10.9. The summed E-state index contributed by atoms with van der Waals surface area (Å²) in [6, 6.07) is 0.224. The van der Waals surface area contributed by atoms with Crippen molar-refractivity contribution in [1.29, 1.82) is 0 Å². The maximum absolute atomic E-state index is 13.7. The number of halogens is 3. The number of carboxylic acid groups (broad SMARTS) is 1. The first-order valence-electron chi connectivity index (χ1n) is 6.02. The molecule has 1 N–H and O–H groups in total. The van der Waals surface area contributed by atoms with Crippen LogP contribution in [0.15, 0.2) is 18.2 Å². The number of nitrogens with zero attached hydrogens (tertiary/aromatic N) is 1. The lowest BCUT2D eigenvalue weighted by Crippen LogP contribution is -2.36. The Morgan fingerprint density at radius 3 is 2.45 bits per heavy atom. The number of carboxylic acids is 1. The zero-order valence-corrected chi connectivity index (χ0v) is 11.7. The third-order valence-corrected chi connectivity index (χ3v) is 4.44. The fraction of sp³-hybridized carbons (Fsp3) is 0.333. The van der Waals surface area contributed by atoms with E-state index in [0.717, 1.165) is 12.1 Å². The topological polar surface area (TPSA) is 91.8 Å². The van der Waals surface area contributed by atoms with E-state index in [1.54, 1.807) is 0 Å². The molecule has 10 heteroatoms. The fourth-order valence-corrected chi connectivity index (χ4v) is 2.97. The van der Waals surface area contributed by atoms with Crippen LogP contribution in [0.2, 0.25) is 0 Å². The molecule has 0 aliphatic carbocycles. The molecule has 1 heterocycles. The first-order valence-corrected chi connectivity index (χ1v) is 7.46. The van der Waals surface area contributed by atoms with Crippen molar-refractivity contribution in [1.82, 2.24) is 4.90 Å². The number of likely N-dealkylation sites (tertiary alicyclic amines) is 1. The second kappa shape index (κ2) is 5.59. The zero-order chi connectivity index (χ0) is 16.7. The molecule has 2 rings (SSSR count). The summed E-state index contributed by atoms with van der Waals surface area (Å²) in [5, 5.41) is 7.49. The minimum absolute atomic E-state index is 0.440. The summed E-state index contributed by atoms with van der Waals surface area (Å²) in [4.78, 5) is 23.6. The average Bonchev–Trinajstić information content (AvgIpc) is 2.74. The molecular weight excluding hydrogens is 327 g/mol. The van der Waals surface area contributed by atoms with E-state index in [4.69, 9.17) is 0 Å². The van der Waals surface area contributed by atoms with Gasteiger partial charge in [-0.3, -0.25) is 4.79 Å². The standard InChI is InChI=1S/C12H10F3NO5S/c13-6-1-2-8(9(14)3-6)11(12(18)19)16-5-7(4-10(16)17)22(15,20)21/h1-3,7,11H,4-5H2,(H,18,19). The molecule has 2 unspecified atom stereocenters. The second-order valence-corrected chi connectivity index (χ2v) is 6.37. The fourth-order valence-electron chi connectivity index (χ4n) is 2.29. The molecular formula is C12H10F3NO5S. The van der Waals surface area contributed by atoms with Gasteiger partial charge in [0.1, 0.15) is 16.9 Å². The van der Waals surface area contributed by atoms with Crippen molar-refractivity contribution < 1.29 is 35.8 Å². The van der Waals surface area contributed by atoms with Crippen LogP contribution in [0.1, 0.15) is 18.0 Å². The largest absolute Gasteiger partial charge is 0.479 e. The van der Waals surface area contributed by atoms with Crippen LogP contribution < -0.4 is 0 Å². The number of benzene rings is 1. The summed E-state index contributed by atoms with van der Waals surface area (Å²) in [7, 11) is -5.04. The van der Waals surface area contributed by atoms with Gasteiger partial charge in [-0.1, -0.05) is 6.07 Å². The van der Waals surface area contributed by atoms with Gasteiger partial charge in [-0.15, -0.1) is 3.89 Å². The maximum Gasteiger partial charge on any atom is 0.331 e. The highest BCUT2D eigenvalue weighted by Gasteiger charge is 2.44. The minimum Gasteiger partial charge on any atom is -0.479 e. The molecule has 2 atom stereocenters. The first kappa shape index (κ1) is 16.3. The molecule has 1 fully saturated rings. The number of hydrogen-bond acceptors (Lipinski definition) is 4. The molecule has 22 heavy (non-hydrogen) atoms. The first-order chi connectivity index (χ1) is 10.1. The van der Waals surface area contributed by atoms with Crippen LogP contribution in [-0.4, -0.2) is 42.1 Å². The van der Waals surface area contributed by atoms with E-state index in [-0.39, 0.29) is 0 Å². The van der Waals surface area contributed by atoms with E-state index in [1.807, 2.05) is 0 Å². The van der Waals surface area contributed by atoms with Gasteiger partial charge in [0.05, 0.1) is 0 Å². The van der Waals surface area contributed by atoms with E-state index in [9.17, 15) is 35.8 Å². The number of aliphatic carboxylic acids is 1. The van der Waals surface area contributed by atoms with Gasteiger partial charge in [-0.25, -0.2) is 13.6 Å². The third-order valence-electron chi connectivity index (χ3n) is 3.32. The molecule has 1 aromatic rings. The lowest BCUT2D eigenvalue weighted by atomic mass is 10.0. The van der Waals surface area contributed by atoms with Gasteiger partial charge < -0.3 is 10.0 Å². The van der Waals surface area contributed by atoms with Crippen molar-refractivity contribution in [3.8, 4) is 0 Å². The molecule has 6 nitrogen and oxygen atoms in total. The Balaban J connectivity index is 2.41. The Morgan fingerprint density at radius 2 is 2.00 bits per heavy atom. The number of hydrogen-bond donors (Lipinski definition) is 1. The normalized spacial score (nSPS) is 20.2. The molecule has 1 amide bonds. The van der Waals surface area contributed by atoms with Crippen molar-refractivity contribution in [3.63, 3.8) is 0 Å². The van der Waals surface area contributed by atoms with Gasteiger partial charge in [0, 0.05) is 24.6 Å². The van der Waals surface area contributed by atoms with Crippen LogP contribution in [0, 0.1) is 11.6 Å². The molecule has 0 aromatic heterocycles. The summed E-state index contributed by atoms with van der Waals surface area (Å²) >= 11 is 0. The Labute approximate surface area is 123 Å². The Bertz CT molecular complexity index is 736. The highest BCUT2D eigenvalue weighted by molar-refractivity contribution is 7.87. The van der Waals surface area contributed by atoms with Crippen molar-refractivity contribution in [2.45, 2.75) is 17.7 Å².